The molecule has 1 heterocycles. The molecule has 4 aromatic rings. The zero-order valence-electron chi connectivity index (χ0n) is 17.9. The van der Waals surface area contributed by atoms with Crippen molar-refractivity contribution in [1.82, 2.24) is 9.55 Å². The third-order valence-electron chi connectivity index (χ3n) is 5.32. The van der Waals surface area contributed by atoms with Gasteiger partial charge >= 0.3 is 0 Å². The van der Waals surface area contributed by atoms with Crippen LogP contribution in [-0.4, -0.2) is 35.8 Å². The third-order valence-corrected chi connectivity index (χ3v) is 6.95. The summed E-state index contributed by atoms with van der Waals surface area (Å²) in [5.74, 6) is 0.822. The van der Waals surface area contributed by atoms with Crippen LogP contribution in [0.4, 0.5) is 0 Å². The summed E-state index contributed by atoms with van der Waals surface area (Å²) in [5, 5.41) is 10.7. The number of fused-ring (bicyclic) bond motifs is 1. The van der Waals surface area contributed by atoms with Gasteiger partial charge in [-0.15, -0.1) is 0 Å². The summed E-state index contributed by atoms with van der Waals surface area (Å²) < 4.78 is 33.4. The highest BCUT2D eigenvalue weighted by atomic mass is 32.2. The van der Waals surface area contributed by atoms with Gasteiger partial charge in [0.15, 0.2) is 9.84 Å². The van der Waals surface area contributed by atoms with Crippen LogP contribution in [0.1, 0.15) is 18.3 Å². The average molecular weight is 451 g/mol. The fraction of sp³-hybridized carbons (Fsp3) is 0.240. The van der Waals surface area contributed by atoms with Gasteiger partial charge in [-0.05, 0) is 48.4 Å². The van der Waals surface area contributed by atoms with Gasteiger partial charge in [-0.1, -0.05) is 49.4 Å². The number of benzene rings is 3. The van der Waals surface area contributed by atoms with Gasteiger partial charge in [0.05, 0.1) is 22.5 Å². The van der Waals surface area contributed by atoms with Gasteiger partial charge in [-0.25, -0.2) is 13.4 Å². The molecule has 166 valence electrons. The van der Waals surface area contributed by atoms with Crippen molar-refractivity contribution in [2.24, 2.45) is 0 Å². The van der Waals surface area contributed by atoms with E-state index >= 15 is 0 Å². The fourth-order valence-electron chi connectivity index (χ4n) is 3.60. The zero-order chi connectivity index (χ0) is 22.6. The Labute approximate surface area is 188 Å². The zero-order valence-corrected chi connectivity index (χ0v) is 18.7. The number of sulfone groups is 1. The first-order valence-corrected chi connectivity index (χ1v) is 12.2. The molecular formula is C25H26N2O4S. The van der Waals surface area contributed by atoms with Crippen LogP contribution >= 0.6 is 0 Å². The van der Waals surface area contributed by atoms with Gasteiger partial charge in [-0.3, -0.25) is 0 Å². The number of aromatic nitrogens is 2. The highest BCUT2D eigenvalue weighted by Crippen LogP contribution is 2.22. The van der Waals surface area contributed by atoms with E-state index in [9.17, 15) is 13.5 Å². The van der Waals surface area contributed by atoms with Gasteiger partial charge in [0.25, 0.3) is 0 Å². The molecule has 0 bridgehead atoms. The Morgan fingerprint density at radius 2 is 1.66 bits per heavy atom. The van der Waals surface area contributed by atoms with E-state index in [2.05, 4.69) is 11.9 Å². The monoisotopic (exact) mass is 450 g/mol. The summed E-state index contributed by atoms with van der Waals surface area (Å²) in [7, 11) is -3.58. The number of ether oxygens (including phenoxy) is 1. The van der Waals surface area contributed by atoms with Gasteiger partial charge < -0.3 is 14.4 Å². The molecule has 4 rings (SSSR count). The molecule has 6 nitrogen and oxygen atoms in total. The molecule has 32 heavy (non-hydrogen) atoms. The smallest absolute Gasteiger partial charge is 0.185 e. The molecular weight excluding hydrogens is 424 g/mol. The lowest BCUT2D eigenvalue weighted by Gasteiger charge is -2.16. The van der Waals surface area contributed by atoms with Crippen molar-refractivity contribution in [2.75, 3.05) is 6.61 Å². The van der Waals surface area contributed by atoms with Crippen molar-refractivity contribution in [3.63, 3.8) is 0 Å². The number of para-hydroxylation sites is 2. The Bertz CT molecular complexity index is 1280. The fourth-order valence-corrected chi connectivity index (χ4v) is 4.90. The van der Waals surface area contributed by atoms with Crippen molar-refractivity contribution in [2.45, 2.75) is 36.6 Å². The number of hydrogen-bond donors (Lipinski definition) is 1. The van der Waals surface area contributed by atoms with Crippen LogP contribution < -0.4 is 4.74 Å². The number of hydrogen-bond acceptors (Lipinski definition) is 5. The number of rotatable bonds is 9. The molecule has 0 fully saturated rings. The molecule has 7 heteroatoms. The molecule has 0 aliphatic heterocycles. The highest BCUT2D eigenvalue weighted by molar-refractivity contribution is 7.90. The first kappa shape index (κ1) is 22.0. The Kier molecular flexibility index (Phi) is 6.58. The van der Waals surface area contributed by atoms with Crippen LogP contribution in [0.25, 0.3) is 11.0 Å². The van der Waals surface area contributed by atoms with Crippen molar-refractivity contribution in [1.29, 1.82) is 0 Å². The van der Waals surface area contributed by atoms with Crippen LogP contribution in [0.15, 0.2) is 83.8 Å². The molecule has 0 aliphatic rings. The van der Waals surface area contributed by atoms with Gasteiger partial charge in [0, 0.05) is 0 Å². The number of imidazole rings is 1. The first-order valence-electron chi connectivity index (χ1n) is 10.6. The second-order valence-electron chi connectivity index (χ2n) is 7.66. The summed E-state index contributed by atoms with van der Waals surface area (Å²) in [6.07, 6.45) is 0.113. The number of aliphatic hydroxyl groups excluding tert-OH is 1. The largest absolute Gasteiger partial charge is 0.491 e. The van der Waals surface area contributed by atoms with Gasteiger partial charge in [0.1, 0.15) is 30.0 Å². The predicted molar refractivity (Wildman–Crippen MR) is 124 cm³/mol. The maximum atomic E-state index is 12.9. The molecule has 0 spiro atoms. The maximum absolute atomic E-state index is 12.9. The molecule has 0 saturated heterocycles. The lowest BCUT2D eigenvalue weighted by atomic mass is 10.2. The SMILES string of the molecule is CCc1ccc(OC[C@@H](O)Cn2c(CS(=O)(=O)c3ccccc3)nc3ccccc32)cc1. The third kappa shape index (κ3) is 5.00. The molecule has 1 atom stereocenters. The minimum atomic E-state index is -3.58. The minimum absolute atomic E-state index is 0.0862. The number of aliphatic hydroxyl groups is 1. The van der Waals surface area contributed by atoms with E-state index in [-0.39, 0.29) is 23.8 Å². The number of nitrogens with zero attached hydrogens (tertiary/aromatic N) is 2. The molecule has 3 aromatic carbocycles. The second kappa shape index (κ2) is 9.54. The van der Waals surface area contributed by atoms with Crippen molar-refractivity contribution in [3.05, 3.63) is 90.3 Å². The molecule has 1 aromatic heterocycles. The van der Waals surface area contributed by atoms with E-state index in [1.807, 2.05) is 48.5 Å². The summed E-state index contributed by atoms with van der Waals surface area (Å²) >= 11 is 0. The summed E-state index contributed by atoms with van der Waals surface area (Å²) in [6.45, 7) is 2.35. The lowest BCUT2D eigenvalue weighted by molar-refractivity contribution is 0.0928. The van der Waals surface area contributed by atoms with E-state index < -0.39 is 15.9 Å². The molecule has 0 saturated carbocycles. The first-order chi connectivity index (χ1) is 15.5. The normalized spacial score (nSPS) is 12.7. The number of aryl methyl sites for hydroxylation is 1. The Balaban J connectivity index is 1.54. The van der Waals surface area contributed by atoms with E-state index in [1.165, 1.54) is 5.56 Å². The molecule has 0 radical (unpaired) electrons. The Morgan fingerprint density at radius 1 is 0.969 bits per heavy atom. The highest BCUT2D eigenvalue weighted by Gasteiger charge is 2.22. The molecule has 0 amide bonds. The topological polar surface area (TPSA) is 81.4 Å². The van der Waals surface area contributed by atoms with Gasteiger partial charge in [0.2, 0.25) is 0 Å². The Morgan fingerprint density at radius 3 is 2.38 bits per heavy atom. The second-order valence-corrected chi connectivity index (χ2v) is 9.65. The van der Waals surface area contributed by atoms with Crippen LogP contribution in [0.3, 0.4) is 0 Å². The molecule has 0 unspecified atom stereocenters. The molecule has 1 N–H and O–H groups in total. The molecule has 0 aliphatic carbocycles. The Hall–Kier alpha value is -3.16. The van der Waals surface area contributed by atoms with Crippen LogP contribution in [0.5, 0.6) is 5.75 Å². The average Bonchev–Trinajstić information content (AvgIpc) is 3.14. The minimum Gasteiger partial charge on any atom is -0.491 e. The van der Waals surface area contributed by atoms with Crippen LogP contribution in [0.2, 0.25) is 0 Å². The van der Waals surface area contributed by atoms with E-state index in [1.54, 1.807) is 34.9 Å². The quantitative estimate of drug-likeness (QED) is 0.417. The standard InChI is InChI=1S/C25H26N2O4S/c1-2-19-12-14-21(15-13-19)31-17-20(28)16-27-24-11-7-6-10-23(24)26-25(27)18-32(29,30)22-8-4-3-5-9-22/h3-15,20,28H,2,16-18H2,1H3/t20-/m0/s1. The van der Waals surface area contributed by atoms with Crippen molar-refractivity contribution < 1.29 is 18.3 Å². The van der Waals surface area contributed by atoms with E-state index in [0.29, 0.717) is 17.1 Å². The van der Waals surface area contributed by atoms with Crippen molar-refractivity contribution in [3.8, 4) is 5.75 Å². The van der Waals surface area contributed by atoms with E-state index in [4.69, 9.17) is 4.74 Å². The summed E-state index contributed by atoms with van der Waals surface area (Å²) in [6, 6.07) is 23.5. The summed E-state index contributed by atoms with van der Waals surface area (Å²) in [4.78, 5) is 4.79. The van der Waals surface area contributed by atoms with Crippen LogP contribution in [0, 0.1) is 0 Å². The van der Waals surface area contributed by atoms with Crippen molar-refractivity contribution >= 4 is 20.9 Å². The van der Waals surface area contributed by atoms with E-state index in [0.717, 1.165) is 11.9 Å². The maximum Gasteiger partial charge on any atom is 0.185 e. The summed E-state index contributed by atoms with van der Waals surface area (Å²) in [5.41, 5.74) is 2.68. The van der Waals surface area contributed by atoms with Crippen LogP contribution in [-0.2, 0) is 28.6 Å². The predicted octanol–water partition coefficient (Wildman–Crippen LogP) is 4.01. The van der Waals surface area contributed by atoms with Gasteiger partial charge in [-0.2, -0.15) is 0 Å². The lowest BCUT2D eigenvalue weighted by Crippen LogP contribution is -2.25.